The number of rotatable bonds is 6. The van der Waals surface area contributed by atoms with Crippen LogP contribution in [0.4, 0.5) is 11.6 Å². The summed E-state index contributed by atoms with van der Waals surface area (Å²) in [5.41, 5.74) is 2.63. The molecule has 0 aliphatic rings. The van der Waals surface area contributed by atoms with Gasteiger partial charge in [0.1, 0.15) is 17.5 Å². The van der Waals surface area contributed by atoms with Crippen LogP contribution in [-0.2, 0) is 6.42 Å². The molecule has 1 aromatic heterocycles. The van der Waals surface area contributed by atoms with E-state index < -0.39 is 5.60 Å². The van der Waals surface area contributed by atoms with Crippen molar-refractivity contribution in [2.75, 3.05) is 17.3 Å². The van der Waals surface area contributed by atoms with Gasteiger partial charge >= 0.3 is 0 Å². The number of hydrogen-bond acceptors (Lipinski definition) is 6. The molecule has 0 spiro atoms. The molecule has 6 nitrogen and oxygen atoms in total. The number of hydrazine groups is 1. The van der Waals surface area contributed by atoms with E-state index in [9.17, 15) is 5.11 Å². The molecule has 102 valence electrons. The quantitative estimate of drug-likeness (QED) is 0.449. The van der Waals surface area contributed by atoms with Crippen molar-refractivity contribution >= 4 is 11.6 Å². The van der Waals surface area contributed by atoms with Crippen LogP contribution in [-0.4, -0.2) is 27.2 Å². The summed E-state index contributed by atoms with van der Waals surface area (Å²) in [5.74, 6) is 7.52. The summed E-state index contributed by atoms with van der Waals surface area (Å²) < 4.78 is 0. The molecule has 0 aliphatic carbocycles. The molecule has 0 atom stereocenters. The van der Waals surface area contributed by atoms with Gasteiger partial charge in [-0.1, -0.05) is 6.92 Å². The average molecular weight is 253 g/mol. The van der Waals surface area contributed by atoms with Gasteiger partial charge in [0.05, 0.1) is 5.60 Å². The predicted molar refractivity (Wildman–Crippen MR) is 73.4 cm³/mol. The van der Waals surface area contributed by atoms with Gasteiger partial charge in [-0.3, -0.25) is 0 Å². The maximum Gasteiger partial charge on any atom is 0.148 e. The minimum atomic E-state index is -0.793. The molecule has 0 bridgehead atoms. The number of nitrogens with two attached hydrogens (primary N) is 1. The maximum atomic E-state index is 9.72. The second-order valence-electron chi connectivity index (χ2n) is 5.02. The highest BCUT2D eigenvalue weighted by molar-refractivity contribution is 5.56. The summed E-state index contributed by atoms with van der Waals surface area (Å²) in [6.07, 6.45) is 1.77. The van der Waals surface area contributed by atoms with Crippen molar-refractivity contribution < 1.29 is 5.11 Å². The summed E-state index contributed by atoms with van der Waals surface area (Å²) in [6, 6.07) is 0. The zero-order valence-corrected chi connectivity index (χ0v) is 11.5. The third kappa shape index (κ3) is 4.12. The van der Waals surface area contributed by atoms with Crippen molar-refractivity contribution in [1.82, 2.24) is 9.97 Å². The number of aromatic nitrogens is 2. The van der Waals surface area contributed by atoms with Gasteiger partial charge in [0.2, 0.25) is 0 Å². The van der Waals surface area contributed by atoms with Crippen molar-refractivity contribution in [3.63, 3.8) is 0 Å². The van der Waals surface area contributed by atoms with Crippen LogP contribution >= 0.6 is 0 Å². The van der Waals surface area contributed by atoms with Crippen molar-refractivity contribution in [3.05, 3.63) is 11.4 Å². The molecular formula is C12H23N5O. The van der Waals surface area contributed by atoms with E-state index in [1.165, 1.54) is 0 Å². The lowest BCUT2D eigenvalue weighted by atomic mass is 10.1. The monoisotopic (exact) mass is 253 g/mol. The summed E-state index contributed by atoms with van der Waals surface area (Å²) >= 11 is 0. The first-order valence-corrected chi connectivity index (χ1v) is 6.17. The van der Waals surface area contributed by atoms with Crippen molar-refractivity contribution in [3.8, 4) is 0 Å². The molecule has 0 amide bonds. The Kier molecular flexibility index (Phi) is 4.86. The highest BCUT2D eigenvalue weighted by Gasteiger charge is 2.15. The molecule has 1 heterocycles. The Labute approximate surface area is 108 Å². The first kappa shape index (κ1) is 14.7. The van der Waals surface area contributed by atoms with E-state index >= 15 is 0 Å². The molecule has 6 heteroatoms. The Morgan fingerprint density at radius 2 is 1.89 bits per heavy atom. The van der Waals surface area contributed by atoms with Crippen LogP contribution in [0.15, 0.2) is 0 Å². The highest BCUT2D eigenvalue weighted by Crippen LogP contribution is 2.20. The SMILES string of the molecule is CCCc1nc(NN)c(C)c(NCC(C)(C)O)n1. The number of anilines is 2. The number of nitrogen functional groups attached to an aromatic ring is 1. The molecule has 0 saturated carbocycles. The molecule has 0 aliphatic heterocycles. The minimum Gasteiger partial charge on any atom is -0.389 e. The Bertz CT molecular complexity index is 400. The molecule has 0 unspecified atom stereocenters. The van der Waals surface area contributed by atoms with Crippen LogP contribution in [0.3, 0.4) is 0 Å². The van der Waals surface area contributed by atoms with E-state index in [4.69, 9.17) is 5.84 Å². The number of hydrogen-bond donors (Lipinski definition) is 4. The molecule has 0 saturated heterocycles. The standard InChI is InChI=1S/C12H23N5O/c1-5-6-9-15-10(14-7-12(3,4)18)8(2)11(16-9)17-13/h18H,5-7,13H2,1-4H3,(H2,14,15,16,17). The summed E-state index contributed by atoms with van der Waals surface area (Å²) in [6.45, 7) is 7.86. The van der Waals surface area contributed by atoms with E-state index in [-0.39, 0.29) is 0 Å². The fourth-order valence-electron chi connectivity index (χ4n) is 1.51. The van der Waals surface area contributed by atoms with Crippen LogP contribution < -0.4 is 16.6 Å². The van der Waals surface area contributed by atoms with Gasteiger partial charge in [-0.2, -0.15) is 0 Å². The smallest absolute Gasteiger partial charge is 0.148 e. The van der Waals surface area contributed by atoms with Gasteiger partial charge in [0.15, 0.2) is 0 Å². The van der Waals surface area contributed by atoms with E-state index in [1.807, 2.05) is 6.92 Å². The lowest BCUT2D eigenvalue weighted by molar-refractivity contribution is 0.0944. The summed E-state index contributed by atoms with van der Waals surface area (Å²) in [7, 11) is 0. The zero-order chi connectivity index (χ0) is 13.8. The van der Waals surface area contributed by atoms with Crippen molar-refractivity contribution in [2.45, 2.75) is 46.1 Å². The Morgan fingerprint density at radius 1 is 1.28 bits per heavy atom. The normalized spacial score (nSPS) is 11.4. The van der Waals surface area contributed by atoms with E-state index in [2.05, 4.69) is 27.6 Å². The van der Waals surface area contributed by atoms with Crippen LogP contribution in [0, 0.1) is 6.92 Å². The average Bonchev–Trinajstić information content (AvgIpc) is 2.28. The van der Waals surface area contributed by atoms with Crippen LogP contribution in [0.25, 0.3) is 0 Å². The van der Waals surface area contributed by atoms with Gasteiger partial charge < -0.3 is 15.8 Å². The van der Waals surface area contributed by atoms with E-state index in [0.717, 1.165) is 24.2 Å². The largest absolute Gasteiger partial charge is 0.389 e. The van der Waals surface area contributed by atoms with Crippen LogP contribution in [0.1, 0.15) is 38.6 Å². The molecule has 0 radical (unpaired) electrons. The zero-order valence-electron chi connectivity index (χ0n) is 11.5. The first-order chi connectivity index (χ1) is 8.37. The fourth-order valence-corrected chi connectivity index (χ4v) is 1.51. The summed E-state index contributed by atoms with van der Waals surface area (Å²) in [5, 5.41) is 12.9. The van der Waals surface area contributed by atoms with Gasteiger partial charge in [0.25, 0.3) is 0 Å². The minimum absolute atomic E-state index is 0.417. The van der Waals surface area contributed by atoms with Gasteiger partial charge in [0, 0.05) is 18.5 Å². The highest BCUT2D eigenvalue weighted by atomic mass is 16.3. The van der Waals surface area contributed by atoms with Crippen LogP contribution in [0.2, 0.25) is 0 Å². The van der Waals surface area contributed by atoms with Gasteiger partial charge in [-0.25, -0.2) is 15.8 Å². The maximum absolute atomic E-state index is 9.72. The molecule has 5 N–H and O–H groups in total. The second kappa shape index (κ2) is 5.97. The Hall–Kier alpha value is -1.40. The third-order valence-corrected chi connectivity index (χ3v) is 2.49. The van der Waals surface area contributed by atoms with E-state index in [0.29, 0.717) is 18.2 Å². The van der Waals surface area contributed by atoms with Gasteiger partial charge in [-0.05, 0) is 27.2 Å². The summed E-state index contributed by atoms with van der Waals surface area (Å²) in [4.78, 5) is 8.78. The number of nitrogens with zero attached hydrogens (tertiary/aromatic N) is 2. The first-order valence-electron chi connectivity index (χ1n) is 6.17. The molecule has 0 aromatic carbocycles. The molecule has 1 aromatic rings. The lowest BCUT2D eigenvalue weighted by Crippen LogP contribution is -2.30. The number of aliphatic hydroxyl groups is 1. The molecule has 1 rings (SSSR count). The fraction of sp³-hybridized carbons (Fsp3) is 0.667. The third-order valence-electron chi connectivity index (χ3n) is 2.49. The van der Waals surface area contributed by atoms with E-state index in [1.54, 1.807) is 13.8 Å². The number of nitrogens with one attached hydrogen (secondary N) is 2. The van der Waals surface area contributed by atoms with Crippen molar-refractivity contribution in [1.29, 1.82) is 0 Å². The van der Waals surface area contributed by atoms with Gasteiger partial charge in [-0.15, -0.1) is 0 Å². The Balaban J connectivity index is 2.97. The van der Waals surface area contributed by atoms with Crippen molar-refractivity contribution in [2.24, 2.45) is 5.84 Å². The number of aryl methyl sites for hydroxylation is 1. The molecule has 0 fully saturated rings. The molecule has 18 heavy (non-hydrogen) atoms. The second-order valence-corrected chi connectivity index (χ2v) is 5.02. The lowest BCUT2D eigenvalue weighted by Gasteiger charge is -2.20. The van der Waals surface area contributed by atoms with Crippen LogP contribution in [0.5, 0.6) is 0 Å². The predicted octanol–water partition coefficient (Wildman–Crippen LogP) is 1.21. The Morgan fingerprint density at radius 3 is 2.39 bits per heavy atom. The molecular weight excluding hydrogens is 230 g/mol. The topological polar surface area (TPSA) is 96.1 Å².